The van der Waals surface area contributed by atoms with Gasteiger partial charge in [0.25, 0.3) is 0 Å². The Labute approximate surface area is 151 Å². The number of halogens is 1. The summed E-state index contributed by atoms with van der Waals surface area (Å²) >= 11 is 4.85. The highest BCUT2D eigenvalue weighted by atomic mass is 32.1. The van der Waals surface area contributed by atoms with Gasteiger partial charge in [0.15, 0.2) is 10.9 Å². The van der Waals surface area contributed by atoms with E-state index in [1.54, 1.807) is 0 Å². The van der Waals surface area contributed by atoms with Gasteiger partial charge < -0.3 is 10.6 Å². The van der Waals surface area contributed by atoms with E-state index in [1.807, 2.05) is 6.92 Å². The molecule has 5 nitrogen and oxygen atoms in total. The zero-order valence-corrected chi connectivity index (χ0v) is 14.9. The Balaban J connectivity index is 2.04. The Hall–Kier alpha value is -2.15. The quantitative estimate of drug-likeness (QED) is 0.423. The maximum Gasteiger partial charge on any atom is 0.241 e. The van der Waals surface area contributed by atoms with Crippen LogP contribution in [0.4, 0.5) is 4.39 Å². The van der Waals surface area contributed by atoms with Crippen molar-refractivity contribution in [3.8, 4) is 0 Å². The molecule has 2 amide bonds. The second kappa shape index (κ2) is 8.29. The lowest BCUT2D eigenvalue weighted by Gasteiger charge is -2.35. The standard InChI is InChI=1S/C18H21FN2O3S/c1-2-3-10-18(15(23)20-17(25)21-16(18)24)11-4-5-14(22)12-6-8-13(19)9-7-12/h6-9H,2-5,10-11H2,1H3,(H2,20,21,23,24,25). The number of nitrogens with one attached hydrogen (secondary N) is 2. The Bertz CT molecular complexity index is 668. The molecular weight excluding hydrogens is 343 g/mol. The molecule has 0 aromatic heterocycles. The van der Waals surface area contributed by atoms with Crippen LogP contribution in [0, 0.1) is 11.2 Å². The molecular formula is C18H21FN2O3S. The van der Waals surface area contributed by atoms with Gasteiger partial charge in [-0.1, -0.05) is 19.8 Å². The summed E-state index contributed by atoms with van der Waals surface area (Å²) in [4.78, 5) is 37.1. The molecule has 1 aromatic rings. The summed E-state index contributed by atoms with van der Waals surface area (Å²) < 4.78 is 12.9. The van der Waals surface area contributed by atoms with Crippen LogP contribution >= 0.6 is 12.2 Å². The molecule has 134 valence electrons. The van der Waals surface area contributed by atoms with Crippen LogP contribution in [0.3, 0.4) is 0 Å². The van der Waals surface area contributed by atoms with Crippen LogP contribution < -0.4 is 10.6 Å². The number of carbonyl (C=O) groups excluding carboxylic acids is 3. The van der Waals surface area contributed by atoms with Gasteiger partial charge in [-0.05, 0) is 55.7 Å². The van der Waals surface area contributed by atoms with E-state index >= 15 is 0 Å². The molecule has 0 unspecified atom stereocenters. The lowest BCUT2D eigenvalue weighted by molar-refractivity contribution is -0.144. The van der Waals surface area contributed by atoms with Gasteiger partial charge >= 0.3 is 0 Å². The minimum absolute atomic E-state index is 0.0181. The van der Waals surface area contributed by atoms with Crippen LogP contribution in [0.25, 0.3) is 0 Å². The van der Waals surface area contributed by atoms with E-state index < -0.39 is 23.0 Å². The number of amides is 2. The highest BCUT2D eigenvalue weighted by Crippen LogP contribution is 2.34. The molecule has 1 aliphatic rings. The van der Waals surface area contributed by atoms with Gasteiger partial charge in [-0.25, -0.2) is 4.39 Å². The number of hydrogen-bond acceptors (Lipinski definition) is 4. The van der Waals surface area contributed by atoms with Gasteiger partial charge in [-0.3, -0.25) is 14.4 Å². The van der Waals surface area contributed by atoms with E-state index in [-0.39, 0.29) is 23.7 Å². The predicted molar refractivity (Wildman–Crippen MR) is 95.4 cm³/mol. The number of benzene rings is 1. The van der Waals surface area contributed by atoms with Crippen molar-refractivity contribution in [3.05, 3.63) is 35.6 Å². The number of rotatable bonds is 8. The van der Waals surface area contributed by atoms with Crippen LogP contribution in [-0.4, -0.2) is 22.7 Å². The van der Waals surface area contributed by atoms with Crippen LogP contribution in [0.2, 0.25) is 0 Å². The second-order valence-corrected chi connectivity index (χ2v) is 6.61. The molecule has 0 saturated carbocycles. The molecule has 2 rings (SSSR count). The Kier molecular flexibility index (Phi) is 6.36. The van der Waals surface area contributed by atoms with Crippen molar-refractivity contribution in [2.75, 3.05) is 0 Å². The van der Waals surface area contributed by atoms with Crippen molar-refractivity contribution in [1.29, 1.82) is 0 Å². The first kappa shape index (κ1) is 19.2. The van der Waals surface area contributed by atoms with Crippen LogP contribution in [-0.2, 0) is 9.59 Å². The molecule has 7 heteroatoms. The van der Waals surface area contributed by atoms with Crippen LogP contribution in [0.15, 0.2) is 24.3 Å². The molecule has 1 fully saturated rings. The molecule has 0 radical (unpaired) electrons. The Morgan fingerprint density at radius 1 is 1.08 bits per heavy atom. The van der Waals surface area contributed by atoms with Crippen molar-refractivity contribution in [2.45, 2.75) is 45.4 Å². The van der Waals surface area contributed by atoms with Crippen molar-refractivity contribution in [3.63, 3.8) is 0 Å². The fraction of sp³-hybridized carbons (Fsp3) is 0.444. The van der Waals surface area contributed by atoms with E-state index in [1.165, 1.54) is 24.3 Å². The number of ketones is 1. The minimum atomic E-state index is -1.19. The van der Waals surface area contributed by atoms with E-state index in [0.29, 0.717) is 18.4 Å². The summed E-state index contributed by atoms with van der Waals surface area (Å²) in [5.41, 5.74) is -0.774. The third kappa shape index (κ3) is 4.48. The molecule has 25 heavy (non-hydrogen) atoms. The minimum Gasteiger partial charge on any atom is -0.302 e. The van der Waals surface area contributed by atoms with Gasteiger partial charge in [0.05, 0.1) is 0 Å². The Morgan fingerprint density at radius 3 is 2.20 bits per heavy atom. The molecule has 0 atom stereocenters. The van der Waals surface area contributed by atoms with E-state index in [0.717, 1.165) is 12.8 Å². The molecule has 1 aliphatic heterocycles. The molecule has 0 bridgehead atoms. The van der Waals surface area contributed by atoms with Gasteiger partial charge in [-0.15, -0.1) is 0 Å². The van der Waals surface area contributed by atoms with Crippen molar-refractivity contribution < 1.29 is 18.8 Å². The average molecular weight is 364 g/mol. The van der Waals surface area contributed by atoms with Crippen molar-refractivity contribution in [1.82, 2.24) is 10.6 Å². The van der Waals surface area contributed by atoms with E-state index in [2.05, 4.69) is 10.6 Å². The van der Waals surface area contributed by atoms with E-state index in [4.69, 9.17) is 12.2 Å². The summed E-state index contributed by atoms with van der Waals surface area (Å²) in [7, 11) is 0. The predicted octanol–water partition coefficient (Wildman–Crippen LogP) is 2.89. The van der Waals surface area contributed by atoms with Gasteiger partial charge in [0.1, 0.15) is 11.2 Å². The van der Waals surface area contributed by atoms with Crippen LogP contribution in [0.5, 0.6) is 0 Å². The summed E-state index contributed by atoms with van der Waals surface area (Å²) in [5, 5.41) is 5.06. The Morgan fingerprint density at radius 2 is 1.64 bits per heavy atom. The zero-order valence-electron chi connectivity index (χ0n) is 14.1. The van der Waals surface area contributed by atoms with Gasteiger partial charge in [0.2, 0.25) is 11.8 Å². The largest absolute Gasteiger partial charge is 0.302 e. The smallest absolute Gasteiger partial charge is 0.241 e. The first-order valence-corrected chi connectivity index (χ1v) is 8.75. The van der Waals surface area contributed by atoms with Crippen molar-refractivity contribution in [2.24, 2.45) is 5.41 Å². The lowest BCUT2D eigenvalue weighted by Crippen LogP contribution is -2.62. The normalized spacial score (nSPS) is 16.3. The number of thiocarbonyl (C=S) groups is 1. The molecule has 1 saturated heterocycles. The number of unbranched alkanes of at least 4 members (excludes halogenated alkanes) is 1. The summed E-state index contributed by atoms with van der Waals surface area (Å²) in [6.07, 6.45) is 2.81. The lowest BCUT2D eigenvalue weighted by atomic mass is 9.75. The summed E-state index contributed by atoms with van der Waals surface area (Å²) in [6.45, 7) is 1.98. The topological polar surface area (TPSA) is 75.3 Å². The third-order valence-corrected chi connectivity index (χ3v) is 4.66. The molecule has 1 aromatic carbocycles. The van der Waals surface area contributed by atoms with Gasteiger partial charge in [0, 0.05) is 12.0 Å². The van der Waals surface area contributed by atoms with E-state index in [9.17, 15) is 18.8 Å². The SMILES string of the molecule is CCCCC1(CCCC(=O)c2ccc(F)cc2)C(=O)NC(=S)NC1=O. The third-order valence-electron chi connectivity index (χ3n) is 4.45. The first-order valence-electron chi connectivity index (χ1n) is 8.34. The monoisotopic (exact) mass is 364 g/mol. The highest BCUT2D eigenvalue weighted by Gasteiger charge is 2.48. The van der Waals surface area contributed by atoms with Gasteiger partial charge in [-0.2, -0.15) is 0 Å². The summed E-state index contributed by atoms with van der Waals surface area (Å²) in [6, 6.07) is 5.34. The number of hydrogen-bond donors (Lipinski definition) is 2. The molecule has 2 N–H and O–H groups in total. The second-order valence-electron chi connectivity index (χ2n) is 6.21. The maximum atomic E-state index is 12.9. The molecule has 0 aliphatic carbocycles. The fourth-order valence-electron chi connectivity index (χ4n) is 2.97. The molecule has 0 spiro atoms. The highest BCUT2D eigenvalue weighted by molar-refractivity contribution is 7.80. The number of carbonyl (C=O) groups is 3. The zero-order chi connectivity index (χ0) is 18.4. The average Bonchev–Trinajstić information content (AvgIpc) is 2.57. The molecule has 1 heterocycles. The number of Topliss-reactive ketones (excluding diaryl/α,β-unsaturated/α-hetero) is 1. The van der Waals surface area contributed by atoms with Crippen LogP contribution in [0.1, 0.15) is 55.8 Å². The summed E-state index contributed by atoms with van der Waals surface area (Å²) in [5.74, 6) is -1.34. The fourth-order valence-corrected chi connectivity index (χ4v) is 3.15. The van der Waals surface area contributed by atoms with Crippen molar-refractivity contribution >= 4 is 34.9 Å². The first-order chi connectivity index (χ1) is 11.9. The maximum absolute atomic E-state index is 12.9.